The quantitative estimate of drug-likeness (QED) is 0.671. The first kappa shape index (κ1) is 18.2. The maximum Gasteiger partial charge on any atom is 0.339 e. The Balaban J connectivity index is 1.71. The number of fused-ring (bicyclic) bond motifs is 1. The number of hydrogen-bond acceptors (Lipinski definition) is 5. The first-order valence-electron chi connectivity index (χ1n) is 8.39. The molecule has 0 fully saturated rings. The van der Waals surface area contributed by atoms with Crippen molar-refractivity contribution in [2.24, 2.45) is 0 Å². The third kappa shape index (κ3) is 3.80. The molecule has 1 N–H and O–H groups in total. The van der Waals surface area contributed by atoms with Gasteiger partial charge in [0.25, 0.3) is 0 Å². The predicted octanol–water partition coefficient (Wildman–Crippen LogP) is 3.73. The number of nitrogens with one attached hydrogen (secondary N) is 1. The molecule has 5 nitrogen and oxygen atoms in total. The molecule has 2 aromatic heterocycles. The second kappa shape index (κ2) is 7.74. The van der Waals surface area contributed by atoms with Crippen LogP contribution in [0.3, 0.4) is 0 Å². The summed E-state index contributed by atoms with van der Waals surface area (Å²) >= 11 is 1.63. The Morgan fingerprint density at radius 2 is 2.08 bits per heavy atom. The molecule has 0 atom stereocenters. The van der Waals surface area contributed by atoms with Gasteiger partial charge in [-0.05, 0) is 55.0 Å². The van der Waals surface area contributed by atoms with Crippen LogP contribution in [0.4, 0.5) is 0 Å². The van der Waals surface area contributed by atoms with Gasteiger partial charge in [-0.3, -0.25) is 4.79 Å². The fourth-order valence-electron chi connectivity index (χ4n) is 2.88. The van der Waals surface area contributed by atoms with Crippen LogP contribution in [0.1, 0.15) is 28.0 Å². The third-order valence-electron chi connectivity index (χ3n) is 4.51. The summed E-state index contributed by atoms with van der Waals surface area (Å²) in [5, 5.41) is 5.78. The van der Waals surface area contributed by atoms with Crippen molar-refractivity contribution in [1.82, 2.24) is 5.32 Å². The number of carbonyl (C=O) groups is 1. The molecule has 0 radical (unpaired) electrons. The number of benzene rings is 1. The second-order valence-corrected chi connectivity index (χ2v) is 7.16. The Morgan fingerprint density at radius 1 is 1.27 bits per heavy atom. The van der Waals surface area contributed by atoms with Gasteiger partial charge >= 0.3 is 5.63 Å². The van der Waals surface area contributed by atoms with E-state index in [0.29, 0.717) is 29.9 Å². The van der Waals surface area contributed by atoms with Crippen LogP contribution in [0.2, 0.25) is 0 Å². The maximum absolute atomic E-state index is 12.3. The molecule has 0 saturated heterocycles. The van der Waals surface area contributed by atoms with Crippen molar-refractivity contribution in [3.63, 3.8) is 0 Å². The normalized spacial score (nSPS) is 10.9. The standard InChI is InChI=1S/C20H21NO4S/c1-12-8-9-26-18(12)11-21-19(22)7-6-16-13(2)15-5-4-14(24-3)10-17(15)25-20(16)23/h4-5,8-10H,6-7,11H2,1-3H3,(H,21,22). The van der Waals surface area contributed by atoms with Gasteiger partial charge in [0.15, 0.2) is 0 Å². The largest absolute Gasteiger partial charge is 0.497 e. The number of hydrogen-bond donors (Lipinski definition) is 1. The molecule has 6 heteroatoms. The highest BCUT2D eigenvalue weighted by molar-refractivity contribution is 7.10. The molecule has 2 heterocycles. The van der Waals surface area contributed by atoms with Crippen molar-refractivity contribution in [3.8, 4) is 5.75 Å². The minimum absolute atomic E-state index is 0.0774. The van der Waals surface area contributed by atoms with E-state index in [0.717, 1.165) is 15.8 Å². The molecule has 0 aliphatic rings. The smallest absolute Gasteiger partial charge is 0.339 e. The number of ether oxygens (including phenoxy) is 1. The summed E-state index contributed by atoms with van der Waals surface area (Å²) in [7, 11) is 1.57. The van der Waals surface area contributed by atoms with Gasteiger partial charge in [-0.15, -0.1) is 11.3 Å². The molecule has 0 spiro atoms. The molecular formula is C20H21NO4S. The number of rotatable bonds is 6. The lowest BCUT2D eigenvalue weighted by Gasteiger charge is -2.09. The summed E-state index contributed by atoms with van der Waals surface area (Å²) in [6.07, 6.45) is 0.600. The monoisotopic (exact) mass is 371 g/mol. The molecule has 3 rings (SSSR count). The Labute approximate surface area is 155 Å². The molecule has 0 saturated carbocycles. The highest BCUT2D eigenvalue weighted by Gasteiger charge is 2.14. The Bertz CT molecular complexity index is 1000. The zero-order valence-corrected chi connectivity index (χ0v) is 15.9. The summed E-state index contributed by atoms with van der Waals surface area (Å²) < 4.78 is 10.6. The molecule has 0 unspecified atom stereocenters. The van der Waals surface area contributed by atoms with Crippen LogP contribution in [-0.2, 0) is 17.8 Å². The molecular weight excluding hydrogens is 350 g/mol. The maximum atomic E-state index is 12.3. The van der Waals surface area contributed by atoms with E-state index in [9.17, 15) is 9.59 Å². The molecule has 0 bridgehead atoms. The number of carbonyl (C=O) groups excluding carboxylic acids is 1. The van der Waals surface area contributed by atoms with Crippen molar-refractivity contribution in [1.29, 1.82) is 0 Å². The lowest BCUT2D eigenvalue weighted by atomic mass is 10.0. The van der Waals surface area contributed by atoms with Gasteiger partial charge in [-0.1, -0.05) is 0 Å². The summed E-state index contributed by atoms with van der Waals surface area (Å²) in [5.41, 5.74) is 2.67. The van der Waals surface area contributed by atoms with E-state index in [2.05, 4.69) is 5.32 Å². The highest BCUT2D eigenvalue weighted by atomic mass is 32.1. The topological polar surface area (TPSA) is 68.5 Å². The third-order valence-corrected chi connectivity index (χ3v) is 5.53. The van der Waals surface area contributed by atoms with Crippen LogP contribution in [0.5, 0.6) is 5.75 Å². The fourth-order valence-corrected chi connectivity index (χ4v) is 3.73. The lowest BCUT2D eigenvalue weighted by molar-refractivity contribution is -0.121. The molecule has 26 heavy (non-hydrogen) atoms. The summed E-state index contributed by atoms with van der Waals surface area (Å²) in [4.78, 5) is 25.6. The minimum Gasteiger partial charge on any atom is -0.497 e. The molecule has 1 aromatic carbocycles. The predicted molar refractivity (Wildman–Crippen MR) is 103 cm³/mol. The zero-order valence-electron chi connectivity index (χ0n) is 15.0. The van der Waals surface area contributed by atoms with Gasteiger partial charge in [0.05, 0.1) is 13.7 Å². The fraction of sp³-hybridized carbons (Fsp3) is 0.300. The van der Waals surface area contributed by atoms with E-state index in [-0.39, 0.29) is 12.3 Å². The average molecular weight is 371 g/mol. The average Bonchev–Trinajstić information content (AvgIpc) is 3.04. The number of thiophene rings is 1. The van der Waals surface area contributed by atoms with E-state index in [1.54, 1.807) is 24.5 Å². The second-order valence-electron chi connectivity index (χ2n) is 6.16. The molecule has 0 aliphatic carbocycles. The van der Waals surface area contributed by atoms with Crippen LogP contribution < -0.4 is 15.7 Å². The Kier molecular flexibility index (Phi) is 5.42. The van der Waals surface area contributed by atoms with E-state index >= 15 is 0 Å². The number of aryl methyl sites for hydroxylation is 2. The first-order valence-corrected chi connectivity index (χ1v) is 9.27. The van der Waals surface area contributed by atoms with E-state index < -0.39 is 5.63 Å². The molecule has 136 valence electrons. The van der Waals surface area contributed by atoms with Crippen LogP contribution in [0, 0.1) is 13.8 Å². The first-order chi connectivity index (χ1) is 12.5. The van der Waals surface area contributed by atoms with Gasteiger partial charge in [-0.2, -0.15) is 0 Å². The minimum atomic E-state index is -0.398. The van der Waals surface area contributed by atoms with E-state index in [1.807, 2.05) is 37.4 Å². The van der Waals surface area contributed by atoms with E-state index in [4.69, 9.17) is 9.15 Å². The number of methoxy groups -OCH3 is 1. The summed E-state index contributed by atoms with van der Waals surface area (Å²) in [5.74, 6) is 0.558. The lowest BCUT2D eigenvalue weighted by Crippen LogP contribution is -2.24. The highest BCUT2D eigenvalue weighted by Crippen LogP contribution is 2.24. The molecule has 0 aliphatic heterocycles. The molecule has 1 amide bonds. The van der Waals surface area contributed by atoms with Gasteiger partial charge in [0, 0.05) is 28.3 Å². The van der Waals surface area contributed by atoms with Crippen LogP contribution in [0.25, 0.3) is 11.0 Å². The Morgan fingerprint density at radius 3 is 2.77 bits per heavy atom. The van der Waals surface area contributed by atoms with Crippen molar-refractivity contribution in [2.75, 3.05) is 7.11 Å². The Hall–Kier alpha value is -2.60. The van der Waals surface area contributed by atoms with Crippen molar-refractivity contribution >= 4 is 28.2 Å². The van der Waals surface area contributed by atoms with Crippen LogP contribution in [-0.4, -0.2) is 13.0 Å². The van der Waals surface area contributed by atoms with Crippen molar-refractivity contribution < 1.29 is 13.9 Å². The van der Waals surface area contributed by atoms with Gasteiger partial charge < -0.3 is 14.5 Å². The van der Waals surface area contributed by atoms with Gasteiger partial charge in [0.2, 0.25) is 5.91 Å². The van der Waals surface area contributed by atoms with Crippen LogP contribution in [0.15, 0.2) is 38.9 Å². The molecule has 3 aromatic rings. The SMILES string of the molecule is COc1ccc2c(C)c(CCC(=O)NCc3sccc3C)c(=O)oc2c1. The van der Waals surface area contributed by atoms with Gasteiger partial charge in [0.1, 0.15) is 11.3 Å². The van der Waals surface area contributed by atoms with Gasteiger partial charge in [-0.25, -0.2) is 4.79 Å². The summed E-state index contributed by atoms with van der Waals surface area (Å²) in [6.45, 7) is 4.43. The van der Waals surface area contributed by atoms with Crippen LogP contribution >= 0.6 is 11.3 Å². The summed E-state index contributed by atoms with van der Waals surface area (Å²) in [6, 6.07) is 7.43. The number of amides is 1. The van der Waals surface area contributed by atoms with E-state index in [1.165, 1.54) is 5.56 Å². The van der Waals surface area contributed by atoms with Crippen molar-refractivity contribution in [2.45, 2.75) is 33.2 Å². The van der Waals surface area contributed by atoms with Crippen molar-refractivity contribution in [3.05, 3.63) is 61.6 Å². The zero-order chi connectivity index (χ0) is 18.7.